The summed E-state index contributed by atoms with van der Waals surface area (Å²) in [6, 6.07) is 0. The van der Waals surface area contributed by atoms with Crippen molar-refractivity contribution >= 4 is 17.4 Å². The second-order valence-electron chi connectivity index (χ2n) is 6.37. The molecule has 0 spiro atoms. The SMILES string of the molecule is C=CCN1C2=CN(CCCC(F)(F)F)CN(CCCC(F)(F)F)C2=NC1Cl. The molecule has 0 aromatic carbocycles. The van der Waals surface area contributed by atoms with Gasteiger partial charge in [0.05, 0.1) is 12.4 Å². The van der Waals surface area contributed by atoms with Crippen molar-refractivity contribution in [3.05, 3.63) is 24.6 Å². The van der Waals surface area contributed by atoms with E-state index in [1.807, 2.05) is 0 Å². The zero-order valence-corrected chi connectivity index (χ0v) is 15.3. The molecule has 2 rings (SSSR count). The molecule has 2 aliphatic heterocycles. The number of hydrogen-bond acceptors (Lipinski definition) is 4. The fourth-order valence-corrected chi connectivity index (χ4v) is 3.22. The van der Waals surface area contributed by atoms with E-state index in [2.05, 4.69) is 11.6 Å². The van der Waals surface area contributed by atoms with Crippen molar-refractivity contribution in [3.8, 4) is 0 Å². The van der Waals surface area contributed by atoms with Crippen LogP contribution < -0.4 is 0 Å². The average molecular weight is 419 g/mol. The summed E-state index contributed by atoms with van der Waals surface area (Å²) >= 11 is 6.19. The van der Waals surface area contributed by atoms with Crippen molar-refractivity contribution in [2.24, 2.45) is 4.99 Å². The van der Waals surface area contributed by atoms with Gasteiger partial charge in [0.2, 0.25) is 5.62 Å². The number of rotatable bonds is 8. The molecule has 0 radical (unpaired) electrons. The summed E-state index contributed by atoms with van der Waals surface area (Å²) in [4.78, 5) is 9.27. The van der Waals surface area contributed by atoms with E-state index in [0.717, 1.165) is 0 Å². The molecule has 1 atom stereocenters. The fraction of sp³-hybridized carbons (Fsp3) is 0.688. The van der Waals surface area contributed by atoms with Gasteiger partial charge in [0, 0.05) is 38.7 Å². The summed E-state index contributed by atoms with van der Waals surface area (Å²) in [5.74, 6) is 0.464. The normalized spacial score (nSPS) is 20.6. The van der Waals surface area contributed by atoms with Crippen molar-refractivity contribution in [2.45, 2.75) is 43.7 Å². The lowest BCUT2D eigenvalue weighted by atomic mass is 10.2. The summed E-state index contributed by atoms with van der Waals surface area (Å²) in [5.41, 5.74) is -0.148. The molecule has 0 saturated carbocycles. The molecule has 11 heteroatoms. The molecule has 0 amide bonds. The summed E-state index contributed by atoms with van der Waals surface area (Å²) in [6.07, 6.45) is -7.34. The maximum Gasteiger partial charge on any atom is 0.389 e. The van der Waals surface area contributed by atoms with Gasteiger partial charge in [0.25, 0.3) is 0 Å². The van der Waals surface area contributed by atoms with Crippen molar-refractivity contribution in [2.75, 3.05) is 26.3 Å². The highest BCUT2D eigenvalue weighted by atomic mass is 35.5. The van der Waals surface area contributed by atoms with Crippen LogP contribution in [0.25, 0.3) is 0 Å². The Hall–Kier alpha value is -1.58. The minimum absolute atomic E-state index is 0.0803. The molecule has 1 unspecified atom stereocenters. The van der Waals surface area contributed by atoms with Crippen molar-refractivity contribution in [3.63, 3.8) is 0 Å². The van der Waals surface area contributed by atoms with Crippen LogP contribution in [0.3, 0.4) is 0 Å². The maximum atomic E-state index is 12.4. The zero-order chi connectivity index (χ0) is 20.2. The predicted molar refractivity (Wildman–Crippen MR) is 90.9 cm³/mol. The maximum absolute atomic E-state index is 12.4. The predicted octanol–water partition coefficient (Wildman–Crippen LogP) is 4.51. The van der Waals surface area contributed by atoms with Gasteiger partial charge in [0.15, 0.2) is 5.84 Å². The Morgan fingerprint density at radius 1 is 1.11 bits per heavy atom. The Morgan fingerprint density at radius 2 is 1.70 bits per heavy atom. The molecule has 0 aromatic heterocycles. The Labute approximate surface area is 158 Å². The summed E-state index contributed by atoms with van der Waals surface area (Å²) in [5, 5.41) is 0. The van der Waals surface area contributed by atoms with E-state index in [1.54, 1.807) is 27.0 Å². The molecular formula is C16H21ClF6N4. The van der Waals surface area contributed by atoms with Crippen LogP contribution >= 0.6 is 11.6 Å². The molecule has 0 fully saturated rings. The second kappa shape index (κ2) is 8.62. The average Bonchev–Trinajstić information content (AvgIpc) is 2.82. The largest absolute Gasteiger partial charge is 0.389 e. The van der Waals surface area contributed by atoms with Gasteiger partial charge in [-0.05, 0) is 12.8 Å². The summed E-state index contributed by atoms with van der Waals surface area (Å²) in [6.45, 7) is 4.37. The fourth-order valence-electron chi connectivity index (χ4n) is 2.94. The van der Waals surface area contributed by atoms with E-state index in [1.165, 1.54) is 0 Å². The van der Waals surface area contributed by atoms with Gasteiger partial charge in [0.1, 0.15) is 0 Å². The van der Waals surface area contributed by atoms with Gasteiger partial charge >= 0.3 is 12.4 Å². The van der Waals surface area contributed by atoms with E-state index < -0.39 is 30.8 Å². The Bertz CT molecular complexity index is 586. The van der Waals surface area contributed by atoms with Crippen LogP contribution in [0.1, 0.15) is 25.7 Å². The molecule has 0 aliphatic carbocycles. The van der Waals surface area contributed by atoms with Crippen LogP contribution in [-0.4, -0.2) is 64.8 Å². The van der Waals surface area contributed by atoms with Crippen molar-refractivity contribution in [1.82, 2.24) is 14.7 Å². The molecule has 0 N–H and O–H groups in total. The number of hydrogen-bond donors (Lipinski definition) is 0. The number of alkyl halides is 7. The lowest BCUT2D eigenvalue weighted by Gasteiger charge is -2.38. The van der Waals surface area contributed by atoms with Crippen LogP contribution in [0.15, 0.2) is 29.5 Å². The molecule has 27 heavy (non-hydrogen) atoms. The first-order valence-corrected chi connectivity index (χ1v) is 8.88. The molecule has 0 saturated heterocycles. The zero-order valence-electron chi connectivity index (χ0n) is 14.5. The highest BCUT2D eigenvalue weighted by Gasteiger charge is 2.36. The first-order valence-electron chi connectivity index (χ1n) is 8.44. The third kappa shape index (κ3) is 6.51. The smallest absolute Gasteiger partial charge is 0.358 e. The Morgan fingerprint density at radius 3 is 2.26 bits per heavy atom. The number of aliphatic imine (C=N–C) groups is 1. The number of fused-ring (bicyclic) bond motifs is 1. The van der Waals surface area contributed by atoms with Gasteiger partial charge in [-0.15, -0.1) is 6.58 Å². The molecular weight excluding hydrogens is 398 g/mol. The van der Waals surface area contributed by atoms with Gasteiger partial charge < -0.3 is 14.7 Å². The monoisotopic (exact) mass is 418 g/mol. The first-order chi connectivity index (χ1) is 12.5. The van der Waals surface area contributed by atoms with Gasteiger partial charge in [-0.1, -0.05) is 17.7 Å². The van der Waals surface area contributed by atoms with E-state index >= 15 is 0 Å². The number of halogens is 7. The third-order valence-electron chi connectivity index (χ3n) is 4.10. The first kappa shape index (κ1) is 21.7. The lowest BCUT2D eigenvalue weighted by Crippen LogP contribution is -2.46. The Kier molecular flexibility index (Phi) is 6.93. The van der Waals surface area contributed by atoms with Gasteiger partial charge in [-0.25, -0.2) is 4.99 Å². The van der Waals surface area contributed by atoms with Crippen LogP contribution in [0.2, 0.25) is 0 Å². The standard InChI is InChI=1S/C16H21ClF6N4/c1-2-7-27-12-10-25(8-3-5-15(18,19)20)11-26(13(12)24-14(27)17)9-4-6-16(21,22)23/h2,10,14H,1,3-9,11H2. The summed E-state index contributed by atoms with van der Waals surface area (Å²) < 4.78 is 74.5. The van der Waals surface area contributed by atoms with Crippen molar-refractivity contribution in [1.29, 1.82) is 0 Å². The quantitative estimate of drug-likeness (QED) is 0.250. The molecule has 2 aliphatic rings. The number of amidine groups is 1. The highest BCUT2D eigenvalue weighted by molar-refractivity contribution is 6.22. The second-order valence-corrected chi connectivity index (χ2v) is 6.76. The molecule has 0 aromatic rings. The highest BCUT2D eigenvalue weighted by Crippen LogP contribution is 2.30. The number of nitrogens with zero attached hydrogens (tertiary/aromatic N) is 4. The van der Waals surface area contributed by atoms with E-state index in [0.29, 0.717) is 18.1 Å². The van der Waals surface area contributed by atoms with Gasteiger partial charge in [-0.2, -0.15) is 26.3 Å². The van der Waals surface area contributed by atoms with Gasteiger partial charge in [-0.3, -0.25) is 0 Å². The molecule has 154 valence electrons. The van der Waals surface area contributed by atoms with E-state index in [-0.39, 0.29) is 32.6 Å². The summed E-state index contributed by atoms with van der Waals surface area (Å²) in [7, 11) is 0. The third-order valence-corrected chi connectivity index (χ3v) is 4.43. The minimum Gasteiger partial charge on any atom is -0.358 e. The van der Waals surface area contributed by atoms with E-state index in [9.17, 15) is 26.3 Å². The van der Waals surface area contributed by atoms with Crippen LogP contribution in [0, 0.1) is 0 Å². The molecule has 4 nitrogen and oxygen atoms in total. The molecule has 2 heterocycles. The van der Waals surface area contributed by atoms with Crippen LogP contribution in [-0.2, 0) is 0 Å². The lowest BCUT2D eigenvalue weighted by molar-refractivity contribution is -0.136. The Balaban J connectivity index is 2.09. The van der Waals surface area contributed by atoms with Crippen LogP contribution in [0.5, 0.6) is 0 Å². The minimum atomic E-state index is -4.26. The van der Waals surface area contributed by atoms with Crippen molar-refractivity contribution < 1.29 is 26.3 Å². The van der Waals surface area contributed by atoms with E-state index in [4.69, 9.17) is 11.6 Å². The van der Waals surface area contributed by atoms with Crippen LogP contribution in [0.4, 0.5) is 26.3 Å². The topological polar surface area (TPSA) is 22.1 Å². The molecule has 0 bridgehead atoms.